The zero-order chi connectivity index (χ0) is 12.3. The summed E-state index contributed by atoms with van der Waals surface area (Å²) >= 11 is 0. The SMILES string of the molecule is CC1CN(C(=O)/C=C/c2ccco2)C(C)CN1. The number of hydrogen-bond donors (Lipinski definition) is 1. The Morgan fingerprint density at radius 1 is 1.59 bits per heavy atom. The monoisotopic (exact) mass is 234 g/mol. The molecule has 2 unspecified atom stereocenters. The molecule has 2 heterocycles. The van der Waals surface area contributed by atoms with Crippen LogP contribution in [0, 0.1) is 0 Å². The average molecular weight is 234 g/mol. The molecule has 1 aliphatic rings. The molecule has 1 fully saturated rings. The maximum absolute atomic E-state index is 12.0. The lowest BCUT2D eigenvalue weighted by Crippen LogP contribution is -2.55. The number of nitrogens with zero attached hydrogens (tertiary/aromatic N) is 1. The fraction of sp³-hybridized carbons (Fsp3) is 0.462. The molecule has 4 heteroatoms. The third kappa shape index (κ3) is 2.97. The summed E-state index contributed by atoms with van der Waals surface area (Å²) in [6, 6.07) is 4.22. The van der Waals surface area contributed by atoms with Gasteiger partial charge >= 0.3 is 0 Å². The van der Waals surface area contributed by atoms with Crippen molar-refractivity contribution in [1.29, 1.82) is 0 Å². The van der Waals surface area contributed by atoms with Crippen LogP contribution in [0.15, 0.2) is 28.9 Å². The molecule has 92 valence electrons. The third-order valence-electron chi connectivity index (χ3n) is 2.98. The van der Waals surface area contributed by atoms with Crippen molar-refractivity contribution < 1.29 is 9.21 Å². The molecule has 0 aromatic carbocycles. The molecule has 0 aliphatic carbocycles. The summed E-state index contributed by atoms with van der Waals surface area (Å²) in [6.07, 6.45) is 4.88. The van der Waals surface area contributed by atoms with Crippen molar-refractivity contribution in [3.8, 4) is 0 Å². The molecule has 0 spiro atoms. The Kier molecular flexibility index (Phi) is 3.64. The Balaban J connectivity index is 1.99. The number of furan rings is 1. The highest BCUT2D eigenvalue weighted by atomic mass is 16.3. The van der Waals surface area contributed by atoms with Gasteiger partial charge in [0.2, 0.25) is 5.91 Å². The van der Waals surface area contributed by atoms with E-state index in [2.05, 4.69) is 19.2 Å². The second-order valence-electron chi connectivity index (χ2n) is 4.50. The van der Waals surface area contributed by atoms with Gasteiger partial charge in [-0.1, -0.05) is 0 Å². The van der Waals surface area contributed by atoms with Crippen LogP contribution in [0.5, 0.6) is 0 Å². The van der Waals surface area contributed by atoms with Gasteiger partial charge in [0, 0.05) is 31.2 Å². The van der Waals surface area contributed by atoms with Crippen LogP contribution in [0.3, 0.4) is 0 Å². The minimum absolute atomic E-state index is 0.0438. The third-order valence-corrected chi connectivity index (χ3v) is 2.98. The van der Waals surface area contributed by atoms with E-state index in [1.165, 1.54) is 0 Å². The highest BCUT2D eigenvalue weighted by Crippen LogP contribution is 2.09. The Morgan fingerprint density at radius 2 is 2.41 bits per heavy atom. The number of carbonyl (C=O) groups excluding carboxylic acids is 1. The summed E-state index contributed by atoms with van der Waals surface area (Å²) in [5, 5.41) is 3.35. The summed E-state index contributed by atoms with van der Waals surface area (Å²) in [5.41, 5.74) is 0. The van der Waals surface area contributed by atoms with Crippen molar-refractivity contribution >= 4 is 12.0 Å². The molecular formula is C13H18N2O2. The molecule has 0 bridgehead atoms. The number of piperazine rings is 1. The van der Waals surface area contributed by atoms with Crippen molar-refractivity contribution in [2.45, 2.75) is 25.9 Å². The second-order valence-corrected chi connectivity index (χ2v) is 4.50. The van der Waals surface area contributed by atoms with Gasteiger partial charge in [-0.2, -0.15) is 0 Å². The minimum Gasteiger partial charge on any atom is -0.465 e. The number of nitrogens with one attached hydrogen (secondary N) is 1. The van der Waals surface area contributed by atoms with E-state index in [0.717, 1.165) is 13.1 Å². The predicted octanol–water partition coefficient (Wildman–Crippen LogP) is 1.50. The van der Waals surface area contributed by atoms with E-state index >= 15 is 0 Å². The summed E-state index contributed by atoms with van der Waals surface area (Å²) in [6.45, 7) is 5.74. The van der Waals surface area contributed by atoms with Crippen LogP contribution in [0.4, 0.5) is 0 Å². The fourth-order valence-electron chi connectivity index (χ4n) is 1.96. The Hall–Kier alpha value is -1.55. The Bertz CT molecular complexity index is 398. The Morgan fingerprint density at radius 3 is 3.12 bits per heavy atom. The normalized spacial score (nSPS) is 25.4. The van der Waals surface area contributed by atoms with E-state index in [1.807, 2.05) is 11.0 Å². The molecule has 1 N–H and O–H groups in total. The maximum Gasteiger partial charge on any atom is 0.247 e. The van der Waals surface area contributed by atoms with Crippen LogP contribution in [0.2, 0.25) is 0 Å². The quantitative estimate of drug-likeness (QED) is 0.789. The van der Waals surface area contributed by atoms with Gasteiger partial charge in [0.1, 0.15) is 5.76 Å². The molecule has 1 aromatic rings. The molecule has 0 saturated carbocycles. The van der Waals surface area contributed by atoms with Crippen LogP contribution in [0.1, 0.15) is 19.6 Å². The first kappa shape index (κ1) is 11.9. The number of hydrogen-bond acceptors (Lipinski definition) is 3. The van der Waals surface area contributed by atoms with Crippen molar-refractivity contribution in [3.05, 3.63) is 30.2 Å². The molecule has 1 saturated heterocycles. The van der Waals surface area contributed by atoms with E-state index in [4.69, 9.17) is 4.42 Å². The average Bonchev–Trinajstić information content (AvgIpc) is 2.82. The summed E-state index contributed by atoms with van der Waals surface area (Å²) in [5.74, 6) is 0.747. The van der Waals surface area contributed by atoms with Crippen LogP contribution in [0.25, 0.3) is 6.08 Å². The van der Waals surface area contributed by atoms with Crippen LogP contribution in [-0.2, 0) is 4.79 Å². The van der Waals surface area contributed by atoms with Gasteiger partial charge in [0.25, 0.3) is 0 Å². The summed E-state index contributed by atoms with van der Waals surface area (Å²) in [7, 11) is 0. The predicted molar refractivity (Wildman–Crippen MR) is 66.4 cm³/mol. The van der Waals surface area contributed by atoms with Crippen molar-refractivity contribution in [2.75, 3.05) is 13.1 Å². The molecule has 17 heavy (non-hydrogen) atoms. The number of amides is 1. The zero-order valence-electron chi connectivity index (χ0n) is 10.2. The van der Waals surface area contributed by atoms with E-state index in [-0.39, 0.29) is 11.9 Å². The smallest absolute Gasteiger partial charge is 0.247 e. The highest BCUT2D eigenvalue weighted by Gasteiger charge is 2.24. The molecule has 1 amide bonds. The largest absolute Gasteiger partial charge is 0.465 e. The van der Waals surface area contributed by atoms with E-state index in [1.54, 1.807) is 24.5 Å². The van der Waals surface area contributed by atoms with Crippen LogP contribution in [-0.4, -0.2) is 36.0 Å². The topological polar surface area (TPSA) is 45.5 Å². The van der Waals surface area contributed by atoms with E-state index in [9.17, 15) is 4.79 Å². The summed E-state index contributed by atoms with van der Waals surface area (Å²) < 4.78 is 5.15. The van der Waals surface area contributed by atoms with Gasteiger partial charge < -0.3 is 14.6 Å². The number of carbonyl (C=O) groups is 1. The first-order valence-electron chi connectivity index (χ1n) is 5.92. The van der Waals surface area contributed by atoms with E-state index < -0.39 is 0 Å². The van der Waals surface area contributed by atoms with Crippen molar-refractivity contribution in [2.24, 2.45) is 0 Å². The molecule has 1 aromatic heterocycles. The lowest BCUT2D eigenvalue weighted by molar-refractivity contribution is -0.129. The van der Waals surface area contributed by atoms with Gasteiger partial charge in [0.15, 0.2) is 0 Å². The second kappa shape index (κ2) is 5.19. The Labute approximate surface area is 101 Å². The first-order valence-corrected chi connectivity index (χ1v) is 5.92. The minimum atomic E-state index is 0.0438. The number of rotatable bonds is 2. The zero-order valence-corrected chi connectivity index (χ0v) is 10.2. The molecule has 1 aliphatic heterocycles. The molecular weight excluding hydrogens is 216 g/mol. The fourth-order valence-corrected chi connectivity index (χ4v) is 1.96. The summed E-state index contributed by atoms with van der Waals surface area (Å²) in [4.78, 5) is 13.9. The maximum atomic E-state index is 12.0. The van der Waals surface area contributed by atoms with Gasteiger partial charge in [-0.3, -0.25) is 4.79 Å². The van der Waals surface area contributed by atoms with Crippen LogP contribution < -0.4 is 5.32 Å². The van der Waals surface area contributed by atoms with Gasteiger partial charge in [-0.05, 0) is 32.1 Å². The van der Waals surface area contributed by atoms with Gasteiger partial charge in [-0.25, -0.2) is 0 Å². The van der Waals surface area contributed by atoms with Gasteiger partial charge in [-0.15, -0.1) is 0 Å². The molecule has 4 nitrogen and oxygen atoms in total. The standard InChI is InChI=1S/C13H18N2O2/c1-10-9-15(11(2)8-14-10)13(16)6-5-12-4-3-7-17-12/h3-7,10-11,14H,8-9H2,1-2H3/b6-5+. The van der Waals surface area contributed by atoms with Gasteiger partial charge in [0.05, 0.1) is 6.26 Å². The molecule has 2 atom stereocenters. The lowest BCUT2D eigenvalue weighted by Gasteiger charge is -2.36. The molecule has 2 rings (SSSR count). The van der Waals surface area contributed by atoms with Crippen LogP contribution >= 0.6 is 0 Å². The first-order chi connectivity index (χ1) is 8.16. The molecule has 0 radical (unpaired) electrons. The van der Waals surface area contributed by atoms with Crippen molar-refractivity contribution in [3.63, 3.8) is 0 Å². The van der Waals surface area contributed by atoms with Crippen molar-refractivity contribution in [1.82, 2.24) is 10.2 Å². The van der Waals surface area contributed by atoms with E-state index in [0.29, 0.717) is 11.8 Å². The highest BCUT2D eigenvalue weighted by molar-refractivity contribution is 5.91. The lowest BCUT2D eigenvalue weighted by atomic mass is 10.1.